The van der Waals surface area contributed by atoms with Crippen LogP contribution in [0.25, 0.3) is 5.82 Å². The molecule has 1 fully saturated rings. The van der Waals surface area contributed by atoms with Crippen LogP contribution in [0.5, 0.6) is 0 Å². The second-order valence-electron chi connectivity index (χ2n) is 4.67. The molecule has 21 heavy (non-hydrogen) atoms. The Kier molecular flexibility index (Phi) is 3.50. The van der Waals surface area contributed by atoms with E-state index in [4.69, 9.17) is 11.6 Å². The Hall–Kier alpha value is -1.80. The summed E-state index contributed by atoms with van der Waals surface area (Å²) in [5.41, 5.74) is -1.22. The minimum Gasteiger partial charge on any atom is -0.300 e. The predicted molar refractivity (Wildman–Crippen MR) is 79.0 cm³/mol. The summed E-state index contributed by atoms with van der Waals surface area (Å²) in [4.78, 5) is 30.4. The summed E-state index contributed by atoms with van der Waals surface area (Å²) in [5, 5.41) is 11.2. The van der Waals surface area contributed by atoms with Gasteiger partial charge in [-0.2, -0.15) is 0 Å². The molecule has 2 aromatic heterocycles. The first-order valence-corrected chi connectivity index (χ1v) is 7.24. The molecule has 9 heteroatoms. The summed E-state index contributed by atoms with van der Waals surface area (Å²) in [6.07, 6.45) is 4.56. The molecule has 0 unspecified atom stereocenters. The Morgan fingerprint density at radius 1 is 1.38 bits per heavy atom. The van der Waals surface area contributed by atoms with Crippen molar-refractivity contribution in [1.29, 1.82) is 0 Å². The molecule has 3 rings (SSSR count). The van der Waals surface area contributed by atoms with Gasteiger partial charge in [-0.25, -0.2) is 9.97 Å². The molecule has 0 amide bonds. The maximum absolute atomic E-state index is 11.7. The van der Waals surface area contributed by atoms with Crippen LogP contribution in [-0.4, -0.2) is 19.5 Å². The maximum Gasteiger partial charge on any atom is 0.333 e. The van der Waals surface area contributed by atoms with Crippen LogP contribution < -0.4 is 5.43 Å². The van der Waals surface area contributed by atoms with Gasteiger partial charge in [0.2, 0.25) is 0 Å². The highest BCUT2D eigenvalue weighted by atomic mass is 79.9. The largest absolute Gasteiger partial charge is 0.333 e. The van der Waals surface area contributed by atoms with E-state index in [-0.39, 0.29) is 9.63 Å². The Morgan fingerprint density at radius 2 is 2.10 bits per heavy atom. The molecule has 0 spiro atoms. The number of hydrogen-bond acceptors (Lipinski definition) is 5. The molecule has 0 aromatic carbocycles. The minimum absolute atomic E-state index is 0.0828. The van der Waals surface area contributed by atoms with Crippen molar-refractivity contribution < 1.29 is 4.92 Å². The van der Waals surface area contributed by atoms with Crippen LogP contribution in [0.2, 0.25) is 5.15 Å². The fourth-order valence-corrected chi connectivity index (χ4v) is 2.48. The molecule has 2 heterocycles. The molecule has 108 valence electrons. The van der Waals surface area contributed by atoms with Gasteiger partial charge in [0.15, 0.2) is 0 Å². The van der Waals surface area contributed by atoms with Gasteiger partial charge < -0.3 is 4.57 Å². The third-order valence-electron chi connectivity index (χ3n) is 3.07. The highest BCUT2D eigenvalue weighted by Gasteiger charge is 2.27. The Morgan fingerprint density at radius 3 is 2.71 bits per heavy atom. The molecule has 2 aromatic rings. The first kappa shape index (κ1) is 14.2. The van der Waals surface area contributed by atoms with E-state index in [2.05, 4.69) is 25.9 Å². The van der Waals surface area contributed by atoms with Gasteiger partial charge in [-0.3, -0.25) is 14.9 Å². The SMILES string of the molecule is O=c1c(Br)cn(-c2cc(Cl)nc(C3CC3)n2)cc1[N+](=O)[O-]. The number of hydrogen-bond donors (Lipinski definition) is 0. The zero-order chi connectivity index (χ0) is 15.1. The van der Waals surface area contributed by atoms with E-state index in [0.29, 0.717) is 17.6 Å². The third kappa shape index (κ3) is 2.81. The van der Waals surface area contributed by atoms with Gasteiger partial charge in [0, 0.05) is 18.2 Å². The number of halogens is 2. The Labute approximate surface area is 131 Å². The van der Waals surface area contributed by atoms with Crippen molar-refractivity contribution in [1.82, 2.24) is 14.5 Å². The van der Waals surface area contributed by atoms with Gasteiger partial charge >= 0.3 is 5.69 Å². The van der Waals surface area contributed by atoms with E-state index >= 15 is 0 Å². The Balaban J connectivity index is 2.16. The van der Waals surface area contributed by atoms with Crippen LogP contribution in [0.4, 0.5) is 5.69 Å². The molecule has 0 saturated heterocycles. The lowest BCUT2D eigenvalue weighted by Gasteiger charge is -2.08. The molecule has 0 N–H and O–H groups in total. The smallest absolute Gasteiger partial charge is 0.300 e. The number of nitro groups is 1. The Bertz CT molecular complexity index is 804. The first-order chi connectivity index (χ1) is 9.95. The summed E-state index contributed by atoms with van der Waals surface area (Å²) >= 11 is 9.00. The lowest BCUT2D eigenvalue weighted by molar-refractivity contribution is -0.386. The molecule has 7 nitrogen and oxygen atoms in total. The van der Waals surface area contributed by atoms with E-state index in [0.717, 1.165) is 19.0 Å². The van der Waals surface area contributed by atoms with Crippen LogP contribution in [0.1, 0.15) is 24.6 Å². The first-order valence-electron chi connectivity index (χ1n) is 6.07. The van der Waals surface area contributed by atoms with E-state index < -0.39 is 16.0 Å². The fourth-order valence-electron chi connectivity index (χ4n) is 1.87. The van der Waals surface area contributed by atoms with Crippen molar-refractivity contribution in [2.45, 2.75) is 18.8 Å². The zero-order valence-electron chi connectivity index (χ0n) is 10.5. The summed E-state index contributed by atoms with van der Waals surface area (Å²) in [6, 6.07) is 1.49. The number of nitrogens with zero attached hydrogens (tertiary/aromatic N) is 4. The van der Waals surface area contributed by atoms with Gasteiger partial charge in [0.25, 0.3) is 5.43 Å². The summed E-state index contributed by atoms with van der Waals surface area (Å²) in [5.74, 6) is 1.30. The van der Waals surface area contributed by atoms with E-state index in [1.165, 1.54) is 16.8 Å². The van der Waals surface area contributed by atoms with Gasteiger partial charge in [0.05, 0.1) is 15.6 Å². The van der Waals surface area contributed by atoms with Gasteiger partial charge in [-0.15, -0.1) is 0 Å². The monoisotopic (exact) mass is 370 g/mol. The minimum atomic E-state index is -0.728. The molecule has 1 aliphatic carbocycles. The van der Waals surface area contributed by atoms with Crippen molar-refractivity contribution in [3.8, 4) is 5.82 Å². The molecule has 0 atom stereocenters. The molecular weight excluding hydrogens is 364 g/mol. The third-order valence-corrected chi connectivity index (χ3v) is 3.82. The molecule has 0 bridgehead atoms. The van der Waals surface area contributed by atoms with Gasteiger partial charge in [-0.1, -0.05) is 11.6 Å². The summed E-state index contributed by atoms with van der Waals surface area (Å²) in [7, 11) is 0. The number of rotatable bonds is 3. The van der Waals surface area contributed by atoms with E-state index in [1.54, 1.807) is 0 Å². The number of aromatic nitrogens is 3. The molecule has 0 aliphatic heterocycles. The van der Waals surface area contributed by atoms with Crippen molar-refractivity contribution >= 4 is 33.2 Å². The summed E-state index contributed by atoms with van der Waals surface area (Å²) < 4.78 is 1.47. The van der Waals surface area contributed by atoms with Gasteiger partial charge in [0.1, 0.15) is 16.8 Å². The summed E-state index contributed by atoms with van der Waals surface area (Å²) in [6.45, 7) is 0. The van der Waals surface area contributed by atoms with Gasteiger partial charge in [-0.05, 0) is 28.8 Å². The zero-order valence-corrected chi connectivity index (χ0v) is 12.8. The maximum atomic E-state index is 11.7. The lowest BCUT2D eigenvalue weighted by Crippen LogP contribution is -2.13. The second kappa shape index (κ2) is 5.19. The normalized spacial score (nSPS) is 14.2. The second-order valence-corrected chi connectivity index (χ2v) is 5.91. The molecular formula is C12H8BrClN4O3. The highest BCUT2D eigenvalue weighted by Crippen LogP contribution is 2.38. The fraction of sp³-hybridized carbons (Fsp3) is 0.250. The highest BCUT2D eigenvalue weighted by molar-refractivity contribution is 9.10. The van der Waals surface area contributed by atoms with Crippen LogP contribution >= 0.6 is 27.5 Å². The lowest BCUT2D eigenvalue weighted by atomic mass is 10.3. The number of pyridine rings is 1. The molecule has 1 saturated carbocycles. The quantitative estimate of drug-likeness (QED) is 0.470. The van der Waals surface area contributed by atoms with E-state index in [9.17, 15) is 14.9 Å². The topological polar surface area (TPSA) is 90.9 Å². The molecule has 1 aliphatic rings. The van der Waals surface area contributed by atoms with Crippen molar-refractivity contribution in [3.05, 3.63) is 54.2 Å². The standard InChI is InChI=1S/C12H8BrClN4O3/c13-7-4-17(5-8(11(7)19)18(20)21)10-3-9(14)15-12(16-10)6-1-2-6/h3-6H,1-2H2. The van der Waals surface area contributed by atoms with E-state index in [1.807, 2.05) is 0 Å². The molecule has 0 radical (unpaired) electrons. The average molecular weight is 372 g/mol. The van der Waals surface area contributed by atoms with Crippen LogP contribution in [-0.2, 0) is 0 Å². The van der Waals surface area contributed by atoms with Crippen LogP contribution in [0, 0.1) is 10.1 Å². The van der Waals surface area contributed by atoms with Crippen LogP contribution in [0.3, 0.4) is 0 Å². The van der Waals surface area contributed by atoms with Crippen molar-refractivity contribution in [2.75, 3.05) is 0 Å². The van der Waals surface area contributed by atoms with Crippen molar-refractivity contribution in [3.63, 3.8) is 0 Å². The average Bonchev–Trinajstić information content (AvgIpc) is 3.25. The predicted octanol–water partition coefficient (Wildman–Crippen LogP) is 2.83. The van der Waals surface area contributed by atoms with Crippen LogP contribution in [0.15, 0.2) is 27.7 Å². The van der Waals surface area contributed by atoms with Crippen molar-refractivity contribution in [2.24, 2.45) is 0 Å².